The first-order valence-electron chi connectivity index (χ1n) is 5.48. The van der Waals surface area contributed by atoms with Crippen LogP contribution in [0.2, 0.25) is 5.02 Å². The predicted molar refractivity (Wildman–Crippen MR) is 70.7 cm³/mol. The number of halogens is 1. The van der Waals surface area contributed by atoms with Gasteiger partial charge in [-0.15, -0.1) is 0 Å². The zero-order valence-corrected chi connectivity index (χ0v) is 10.6. The Bertz CT molecular complexity index is 568. The third-order valence-electron chi connectivity index (χ3n) is 2.95. The Labute approximate surface area is 109 Å². The molecule has 86 valence electrons. The van der Waals surface area contributed by atoms with E-state index in [4.69, 9.17) is 11.6 Å². The fraction of sp³-hybridized carbons (Fsp3) is 0.143. The molecule has 2 aromatic carbocycles. The van der Waals surface area contributed by atoms with E-state index in [-0.39, 0.29) is 0 Å². The van der Waals surface area contributed by atoms with Gasteiger partial charge >= 0.3 is 0 Å². The van der Waals surface area contributed by atoms with Gasteiger partial charge in [0.25, 0.3) is 0 Å². The summed E-state index contributed by atoms with van der Waals surface area (Å²) in [5.74, 6) is 0. The molecule has 0 amide bonds. The van der Waals surface area contributed by atoms with Crippen LogP contribution < -0.4 is 0 Å². The van der Waals surface area contributed by atoms with Gasteiger partial charge in [0.15, 0.2) is 0 Å². The van der Waals surface area contributed by atoms with Crippen LogP contribution in [0.5, 0.6) is 0 Å². The van der Waals surface area contributed by atoms with Crippen LogP contribution in [0.4, 0.5) is 0 Å². The molecule has 0 spiro atoms. The SMILES string of the molecule is O[C@@H]1Cc2ccccc2Sc2c(Cl)cccc21. The number of fused-ring (bicyclic) bond motifs is 2. The number of rotatable bonds is 0. The van der Waals surface area contributed by atoms with Gasteiger partial charge in [-0.2, -0.15) is 0 Å². The fourth-order valence-corrected chi connectivity index (χ4v) is 3.53. The maximum atomic E-state index is 10.2. The molecule has 0 aliphatic carbocycles. The van der Waals surface area contributed by atoms with Crippen LogP contribution in [-0.4, -0.2) is 5.11 Å². The summed E-state index contributed by atoms with van der Waals surface area (Å²) in [4.78, 5) is 2.16. The van der Waals surface area contributed by atoms with Crippen molar-refractivity contribution in [3.05, 3.63) is 58.6 Å². The van der Waals surface area contributed by atoms with E-state index in [1.807, 2.05) is 30.3 Å². The molecular formula is C14H11ClOS. The minimum atomic E-state index is -0.472. The van der Waals surface area contributed by atoms with Crippen molar-refractivity contribution in [2.45, 2.75) is 22.3 Å². The zero-order chi connectivity index (χ0) is 11.8. The Morgan fingerprint density at radius 2 is 1.94 bits per heavy atom. The molecule has 0 aromatic heterocycles. The number of benzene rings is 2. The monoisotopic (exact) mass is 262 g/mol. The normalized spacial score (nSPS) is 18.1. The second-order valence-corrected chi connectivity index (χ2v) is 5.55. The Kier molecular flexibility index (Phi) is 2.87. The van der Waals surface area contributed by atoms with Crippen LogP contribution in [-0.2, 0) is 6.42 Å². The Morgan fingerprint density at radius 3 is 2.82 bits per heavy atom. The van der Waals surface area contributed by atoms with E-state index in [0.717, 1.165) is 10.5 Å². The van der Waals surface area contributed by atoms with Crippen LogP contribution in [0.25, 0.3) is 0 Å². The molecule has 3 heteroatoms. The molecule has 0 fully saturated rings. The van der Waals surface area contributed by atoms with E-state index in [1.165, 1.54) is 10.5 Å². The lowest BCUT2D eigenvalue weighted by Gasteiger charge is -2.11. The standard InChI is InChI=1S/C14H11ClOS/c15-11-6-3-5-10-12(16)8-9-4-1-2-7-13(9)17-14(10)11/h1-7,12,16H,8H2/t12-/m1/s1. The summed E-state index contributed by atoms with van der Waals surface area (Å²) in [6.45, 7) is 0. The van der Waals surface area contributed by atoms with Crippen molar-refractivity contribution in [2.24, 2.45) is 0 Å². The van der Waals surface area contributed by atoms with Crippen molar-refractivity contribution in [3.8, 4) is 0 Å². The number of hydrogen-bond donors (Lipinski definition) is 1. The maximum absolute atomic E-state index is 10.2. The minimum absolute atomic E-state index is 0.472. The van der Waals surface area contributed by atoms with Gasteiger partial charge < -0.3 is 5.11 Å². The maximum Gasteiger partial charge on any atom is 0.0842 e. The topological polar surface area (TPSA) is 20.2 Å². The summed E-state index contributed by atoms with van der Waals surface area (Å²) in [6.07, 6.45) is 0.177. The van der Waals surface area contributed by atoms with Crippen molar-refractivity contribution in [1.29, 1.82) is 0 Å². The van der Waals surface area contributed by atoms with Gasteiger partial charge in [-0.3, -0.25) is 0 Å². The van der Waals surface area contributed by atoms with Gasteiger partial charge in [0.05, 0.1) is 11.1 Å². The van der Waals surface area contributed by atoms with E-state index in [9.17, 15) is 5.11 Å². The van der Waals surface area contributed by atoms with E-state index in [2.05, 4.69) is 12.1 Å². The van der Waals surface area contributed by atoms with Gasteiger partial charge in [0, 0.05) is 16.2 Å². The first-order valence-corrected chi connectivity index (χ1v) is 6.67. The number of hydrogen-bond acceptors (Lipinski definition) is 2. The lowest BCUT2D eigenvalue weighted by molar-refractivity contribution is 0.175. The average Bonchev–Trinajstić information content (AvgIpc) is 2.47. The smallest absolute Gasteiger partial charge is 0.0842 e. The molecule has 0 radical (unpaired) electrons. The summed E-state index contributed by atoms with van der Waals surface area (Å²) < 4.78 is 0. The highest BCUT2D eigenvalue weighted by molar-refractivity contribution is 7.99. The third-order valence-corrected chi connectivity index (χ3v) is 4.66. The molecular weight excluding hydrogens is 252 g/mol. The molecule has 1 nitrogen and oxygen atoms in total. The van der Waals surface area contributed by atoms with Gasteiger partial charge in [-0.25, -0.2) is 0 Å². The van der Waals surface area contributed by atoms with Crippen molar-refractivity contribution in [2.75, 3.05) is 0 Å². The molecule has 1 atom stereocenters. The van der Waals surface area contributed by atoms with Crippen LogP contribution in [0.1, 0.15) is 17.2 Å². The number of aliphatic hydroxyl groups excluding tert-OH is 1. The third kappa shape index (κ3) is 1.97. The molecule has 0 unspecified atom stereocenters. The van der Waals surface area contributed by atoms with E-state index >= 15 is 0 Å². The van der Waals surface area contributed by atoms with E-state index in [1.54, 1.807) is 11.8 Å². The summed E-state index contributed by atoms with van der Waals surface area (Å²) in [5.41, 5.74) is 2.11. The van der Waals surface area contributed by atoms with Gasteiger partial charge in [-0.1, -0.05) is 53.7 Å². The molecule has 2 aromatic rings. The summed E-state index contributed by atoms with van der Waals surface area (Å²) in [7, 11) is 0. The fourth-order valence-electron chi connectivity index (χ4n) is 2.10. The molecule has 3 rings (SSSR count). The lowest BCUT2D eigenvalue weighted by atomic mass is 10.0. The van der Waals surface area contributed by atoms with Crippen molar-refractivity contribution < 1.29 is 5.11 Å². The van der Waals surface area contributed by atoms with E-state index in [0.29, 0.717) is 11.4 Å². The Morgan fingerprint density at radius 1 is 1.12 bits per heavy atom. The minimum Gasteiger partial charge on any atom is -0.388 e. The zero-order valence-electron chi connectivity index (χ0n) is 9.06. The summed E-state index contributed by atoms with van der Waals surface area (Å²) in [5, 5.41) is 11.0. The largest absolute Gasteiger partial charge is 0.388 e. The molecule has 1 heterocycles. The highest BCUT2D eigenvalue weighted by Gasteiger charge is 2.22. The van der Waals surface area contributed by atoms with Crippen molar-refractivity contribution in [3.63, 3.8) is 0 Å². The second-order valence-electron chi connectivity index (χ2n) is 4.09. The lowest BCUT2D eigenvalue weighted by Crippen LogP contribution is -2.01. The van der Waals surface area contributed by atoms with Crippen LogP contribution in [0.3, 0.4) is 0 Å². The van der Waals surface area contributed by atoms with Gasteiger partial charge in [-0.05, 0) is 23.3 Å². The highest BCUT2D eigenvalue weighted by Crippen LogP contribution is 2.43. The molecule has 0 bridgehead atoms. The Balaban J connectivity index is 2.19. The molecule has 0 saturated carbocycles. The van der Waals surface area contributed by atoms with E-state index < -0.39 is 6.10 Å². The predicted octanol–water partition coefficient (Wildman–Crippen LogP) is 4.08. The molecule has 1 aliphatic rings. The number of aliphatic hydroxyl groups is 1. The average molecular weight is 263 g/mol. The second kappa shape index (κ2) is 4.37. The summed E-state index contributed by atoms with van der Waals surface area (Å²) in [6, 6.07) is 13.9. The molecule has 1 aliphatic heterocycles. The van der Waals surface area contributed by atoms with Crippen LogP contribution >= 0.6 is 23.4 Å². The van der Waals surface area contributed by atoms with Crippen LogP contribution in [0, 0.1) is 0 Å². The highest BCUT2D eigenvalue weighted by atomic mass is 35.5. The molecule has 0 saturated heterocycles. The molecule has 17 heavy (non-hydrogen) atoms. The quantitative estimate of drug-likeness (QED) is 0.772. The Hall–Kier alpha value is -0.960. The van der Waals surface area contributed by atoms with Gasteiger partial charge in [0.2, 0.25) is 0 Å². The van der Waals surface area contributed by atoms with Crippen LogP contribution in [0.15, 0.2) is 52.3 Å². The summed E-state index contributed by atoms with van der Waals surface area (Å²) >= 11 is 7.86. The first-order chi connectivity index (χ1) is 8.25. The van der Waals surface area contributed by atoms with Crippen molar-refractivity contribution >= 4 is 23.4 Å². The molecule has 1 N–H and O–H groups in total. The van der Waals surface area contributed by atoms with Crippen molar-refractivity contribution in [1.82, 2.24) is 0 Å². The first kappa shape index (κ1) is 11.1. The van der Waals surface area contributed by atoms with Gasteiger partial charge in [0.1, 0.15) is 0 Å².